The lowest BCUT2D eigenvalue weighted by molar-refractivity contribution is -0.150. The van der Waals surface area contributed by atoms with E-state index in [0.717, 1.165) is 28.4 Å². The van der Waals surface area contributed by atoms with Gasteiger partial charge in [0, 0.05) is 22.6 Å². The number of hydrogen-bond donors (Lipinski definition) is 6. The topological polar surface area (TPSA) is 268 Å². The van der Waals surface area contributed by atoms with Crippen LogP contribution in [0.1, 0.15) is 27.3 Å². The number of aryl methyl sites for hydroxylation is 1. The number of carbonyl (C=O) groups excluding carboxylic acids is 2. The van der Waals surface area contributed by atoms with E-state index in [1.807, 2.05) is 0 Å². The summed E-state index contributed by atoms with van der Waals surface area (Å²) in [6.07, 6.45) is 1.36. The molecule has 248 valence electrons. The number of aromatic hydroxyl groups is 2. The number of carboxylic acid groups (broad SMARTS) is 2. The zero-order valence-corrected chi connectivity index (χ0v) is 26.9. The summed E-state index contributed by atoms with van der Waals surface area (Å²) in [7, 11) is 0. The number of nitrogens with zero attached hydrogens (tertiary/aromatic N) is 7. The number of carbonyl (C=O) groups is 4. The molecule has 2 aliphatic rings. The zero-order chi connectivity index (χ0) is 34.3. The minimum atomic E-state index is -1.41. The lowest BCUT2D eigenvalue weighted by Gasteiger charge is -2.49. The molecular weight excluding hydrogens is 691 g/mol. The number of aromatic nitrogens is 5. The maximum Gasteiger partial charge on any atom is 0.352 e. The molecular formula is C27H23N9O9S3. The summed E-state index contributed by atoms with van der Waals surface area (Å²) in [6.45, 7) is 1.14. The number of nitrogens with one attached hydrogen (secondary N) is 1. The number of aliphatic carboxylic acids is 1. The minimum Gasteiger partial charge on any atom is -0.504 e. The van der Waals surface area contributed by atoms with E-state index in [0.29, 0.717) is 22.1 Å². The summed E-state index contributed by atoms with van der Waals surface area (Å²) in [5.41, 5.74) is 5.64. The number of thiazole rings is 1. The van der Waals surface area contributed by atoms with E-state index in [9.17, 15) is 39.6 Å². The molecule has 0 radical (unpaired) electrons. The van der Waals surface area contributed by atoms with E-state index >= 15 is 0 Å². The molecule has 2 atom stereocenters. The highest BCUT2D eigenvalue weighted by Gasteiger charge is 2.54. The van der Waals surface area contributed by atoms with Crippen molar-refractivity contribution < 1.29 is 44.4 Å². The van der Waals surface area contributed by atoms with Gasteiger partial charge in [0.15, 0.2) is 22.3 Å². The predicted molar refractivity (Wildman–Crippen MR) is 171 cm³/mol. The van der Waals surface area contributed by atoms with Crippen molar-refractivity contribution in [1.82, 2.24) is 34.8 Å². The van der Waals surface area contributed by atoms with Gasteiger partial charge in [0.2, 0.25) is 0 Å². The highest BCUT2D eigenvalue weighted by atomic mass is 32.2. The number of benzene rings is 1. The third kappa shape index (κ3) is 6.04. The number of carboxylic acids is 2. The van der Waals surface area contributed by atoms with Gasteiger partial charge in [-0.2, -0.15) is 14.6 Å². The molecule has 0 spiro atoms. The van der Waals surface area contributed by atoms with Gasteiger partial charge in [-0.05, 0) is 30.7 Å². The molecule has 1 aromatic carbocycles. The van der Waals surface area contributed by atoms with E-state index in [-0.39, 0.29) is 39.2 Å². The summed E-state index contributed by atoms with van der Waals surface area (Å²) < 4.78 is 1.54. The Morgan fingerprint density at radius 2 is 2.00 bits per heavy atom. The molecule has 1 saturated heterocycles. The largest absolute Gasteiger partial charge is 0.504 e. The van der Waals surface area contributed by atoms with Crippen LogP contribution in [-0.2, 0) is 25.8 Å². The van der Waals surface area contributed by atoms with Crippen molar-refractivity contribution >= 4 is 75.2 Å². The second kappa shape index (κ2) is 13.0. The molecule has 0 aliphatic carbocycles. The first kappa shape index (κ1) is 32.5. The monoisotopic (exact) mass is 713 g/mol. The molecule has 48 heavy (non-hydrogen) atoms. The fourth-order valence-corrected chi connectivity index (χ4v) is 7.99. The summed E-state index contributed by atoms with van der Waals surface area (Å²) in [4.78, 5) is 69.6. The Labute approximate surface area is 281 Å². The highest BCUT2D eigenvalue weighted by Crippen LogP contribution is 2.42. The van der Waals surface area contributed by atoms with Gasteiger partial charge in [-0.15, -0.1) is 34.9 Å². The molecule has 0 saturated carbocycles. The number of β-lactam (4-membered cyclic amide) rings is 1. The smallest absolute Gasteiger partial charge is 0.352 e. The number of phenolic OH excluding ortho intramolecular Hbond substituents is 2. The van der Waals surface area contributed by atoms with Crippen molar-refractivity contribution in [3.8, 4) is 11.5 Å². The van der Waals surface area contributed by atoms with E-state index in [4.69, 9.17) is 10.6 Å². The van der Waals surface area contributed by atoms with Crippen molar-refractivity contribution in [1.29, 1.82) is 0 Å². The quantitative estimate of drug-likeness (QED) is 0.0316. The van der Waals surface area contributed by atoms with E-state index in [1.54, 1.807) is 13.0 Å². The molecule has 2 aliphatic heterocycles. The van der Waals surface area contributed by atoms with Crippen molar-refractivity contribution in [3.05, 3.63) is 63.7 Å². The maximum atomic E-state index is 13.5. The van der Waals surface area contributed by atoms with Crippen LogP contribution in [0.5, 0.6) is 11.5 Å². The molecule has 0 bridgehead atoms. The molecule has 1 fully saturated rings. The molecule has 2 amide bonds. The summed E-state index contributed by atoms with van der Waals surface area (Å²) in [5, 5.41) is 51.5. The van der Waals surface area contributed by atoms with Crippen LogP contribution in [0.2, 0.25) is 0 Å². The fourth-order valence-electron chi connectivity index (χ4n) is 4.90. The van der Waals surface area contributed by atoms with Gasteiger partial charge in [0.1, 0.15) is 40.8 Å². The second-order valence-corrected chi connectivity index (χ2v) is 13.2. The SMILES string of the molecule is Cc1cc(SCC2=C(C(=O)O)N3C(=O)[C@@H](NC(=O)/C(=N\OCc4c(C(=O)O)ccc(O)c4O)c4csc(N)n4)[C@H]3SC2)n2ncnc2n1. The minimum absolute atomic E-state index is 0.0215. The first-order valence-corrected chi connectivity index (χ1v) is 16.6. The van der Waals surface area contributed by atoms with Crippen LogP contribution in [-0.4, -0.2) is 102 Å². The van der Waals surface area contributed by atoms with Crippen LogP contribution >= 0.6 is 34.9 Å². The van der Waals surface area contributed by atoms with Gasteiger partial charge >= 0.3 is 11.9 Å². The van der Waals surface area contributed by atoms with E-state index in [2.05, 4.69) is 30.5 Å². The molecule has 3 aromatic heterocycles. The maximum absolute atomic E-state index is 13.5. The Balaban J connectivity index is 1.19. The average Bonchev–Trinajstić information content (AvgIpc) is 3.70. The lowest BCUT2D eigenvalue weighted by atomic mass is 10.0. The molecule has 4 aromatic rings. The van der Waals surface area contributed by atoms with Crippen molar-refractivity contribution in [3.63, 3.8) is 0 Å². The molecule has 7 N–H and O–H groups in total. The Morgan fingerprint density at radius 3 is 2.71 bits per heavy atom. The molecule has 0 unspecified atom stereocenters. The fraction of sp³-hybridized carbons (Fsp3) is 0.222. The standard InChI is InChI=1S/C27H23N9O9S3/c1-10-4-16(36-27(31-10)29-9-30-36)46-6-11-7-47-23-18(22(40)35(23)19(11)25(43)44)33-21(39)17(14-8-48-26(28)32-14)34-45-5-13-12(24(41)42)2-3-15(37)20(13)38/h2-4,8-9,18,23,37-38H,5-7H2,1H3,(H2,28,32)(H,33,39)(H,41,42)(H,43,44)/b34-17-/t18-,23-/m1/s1. The first-order valence-electron chi connectivity index (χ1n) is 13.6. The predicted octanol–water partition coefficient (Wildman–Crippen LogP) is 1.03. The van der Waals surface area contributed by atoms with Crippen LogP contribution in [0.3, 0.4) is 0 Å². The zero-order valence-electron chi connectivity index (χ0n) is 24.4. The number of fused-ring (bicyclic) bond motifs is 2. The second-order valence-electron chi connectivity index (χ2n) is 10.2. The number of phenols is 2. The van der Waals surface area contributed by atoms with Crippen LogP contribution in [0.4, 0.5) is 5.13 Å². The third-order valence-electron chi connectivity index (χ3n) is 7.11. The number of anilines is 1. The average molecular weight is 714 g/mol. The van der Waals surface area contributed by atoms with Crippen LogP contribution in [0, 0.1) is 6.92 Å². The van der Waals surface area contributed by atoms with Crippen molar-refractivity contribution in [2.45, 2.75) is 30.0 Å². The van der Waals surface area contributed by atoms with Gasteiger partial charge in [0.05, 0.1) is 11.1 Å². The van der Waals surface area contributed by atoms with E-state index in [1.165, 1.54) is 39.7 Å². The number of nitrogens with two attached hydrogens (primary N) is 1. The normalized spacial score (nSPS) is 17.6. The first-order chi connectivity index (χ1) is 22.9. The van der Waals surface area contributed by atoms with Crippen molar-refractivity contribution in [2.75, 3.05) is 17.2 Å². The highest BCUT2D eigenvalue weighted by molar-refractivity contribution is 8.01. The third-order valence-corrected chi connectivity index (χ3v) is 10.2. The summed E-state index contributed by atoms with van der Waals surface area (Å²) in [5.74, 6) is -4.73. The van der Waals surface area contributed by atoms with Crippen LogP contribution in [0.15, 0.2) is 51.4 Å². The molecule has 21 heteroatoms. The summed E-state index contributed by atoms with van der Waals surface area (Å²) >= 11 is 3.58. The van der Waals surface area contributed by atoms with Gasteiger partial charge in [0.25, 0.3) is 17.6 Å². The Hall–Kier alpha value is -5.41. The van der Waals surface area contributed by atoms with Crippen LogP contribution in [0.25, 0.3) is 5.78 Å². The Bertz CT molecular complexity index is 2060. The van der Waals surface area contributed by atoms with E-state index < -0.39 is 59.0 Å². The van der Waals surface area contributed by atoms with Gasteiger partial charge in [-0.1, -0.05) is 5.16 Å². The number of aromatic carboxylic acids is 1. The number of hydrogen-bond acceptors (Lipinski definition) is 16. The van der Waals surface area contributed by atoms with Gasteiger partial charge < -0.3 is 36.3 Å². The number of rotatable bonds is 11. The molecule has 6 rings (SSSR count). The number of thioether (sulfide) groups is 2. The van der Waals surface area contributed by atoms with Gasteiger partial charge in [-0.3, -0.25) is 14.5 Å². The number of oxime groups is 1. The molecule has 5 heterocycles. The number of amides is 2. The Kier molecular flexibility index (Phi) is 8.81. The number of nitrogen functional groups attached to an aromatic ring is 1. The lowest BCUT2D eigenvalue weighted by Crippen LogP contribution is -2.71. The van der Waals surface area contributed by atoms with Crippen molar-refractivity contribution in [2.24, 2.45) is 5.16 Å². The van der Waals surface area contributed by atoms with Crippen LogP contribution < -0.4 is 11.1 Å². The van der Waals surface area contributed by atoms with Gasteiger partial charge in [-0.25, -0.2) is 19.6 Å². The summed E-state index contributed by atoms with van der Waals surface area (Å²) in [6, 6.07) is 2.72. The Morgan fingerprint density at radius 1 is 1.21 bits per heavy atom. The molecule has 18 nitrogen and oxygen atoms in total.